The van der Waals surface area contributed by atoms with Gasteiger partial charge in [0.05, 0.1) is 6.54 Å². The van der Waals surface area contributed by atoms with Gasteiger partial charge in [-0.3, -0.25) is 4.90 Å². The van der Waals surface area contributed by atoms with Gasteiger partial charge in [0.25, 0.3) is 0 Å². The maximum atomic E-state index is 12.0. The second kappa shape index (κ2) is 7.92. The number of hydrogen-bond donors (Lipinski definition) is 2. The molecule has 2 amide bonds. The lowest BCUT2D eigenvalue weighted by atomic mass is 10.0. The Morgan fingerprint density at radius 3 is 2.92 bits per heavy atom. The van der Waals surface area contributed by atoms with E-state index in [1.165, 1.54) is 6.42 Å². The minimum Gasteiger partial charge on any atom is -0.338 e. The first kappa shape index (κ1) is 16.4. The third-order valence-electron chi connectivity index (χ3n) is 4.19. The molecule has 0 aliphatic carbocycles. The summed E-state index contributed by atoms with van der Waals surface area (Å²) in [5.41, 5.74) is 0.789. The molecule has 7 nitrogen and oxygen atoms in total. The molecule has 24 heavy (non-hydrogen) atoms. The third-order valence-corrected chi connectivity index (χ3v) is 4.19. The summed E-state index contributed by atoms with van der Waals surface area (Å²) in [5, 5.41) is 9.64. The van der Waals surface area contributed by atoms with E-state index in [-0.39, 0.29) is 12.1 Å². The minimum absolute atomic E-state index is 0.180. The number of hydrogen-bond acceptors (Lipinski definition) is 5. The van der Waals surface area contributed by atoms with Crippen LogP contribution in [0.2, 0.25) is 0 Å². The molecule has 0 saturated carbocycles. The maximum Gasteiger partial charge on any atom is 0.319 e. The molecule has 0 unspecified atom stereocenters. The number of rotatable bonds is 5. The van der Waals surface area contributed by atoms with E-state index in [1.807, 2.05) is 37.3 Å². The molecule has 1 fully saturated rings. The first-order valence-corrected chi connectivity index (χ1v) is 8.34. The number of carbonyl (C=O) groups is 1. The van der Waals surface area contributed by atoms with Gasteiger partial charge in [0, 0.05) is 18.3 Å². The lowest BCUT2D eigenvalue weighted by molar-refractivity contribution is 0.123. The van der Waals surface area contributed by atoms with Crippen LogP contribution in [0.1, 0.15) is 31.0 Å². The number of aryl methyl sites for hydroxylation is 1. The molecule has 128 valence electrons. The third kappa shape index (κ3) is 4.55. The fourth-order valence-corrected chi connectivity index (χ4v) is 2.98. The van der Waals surface area contributed by atoms with E-state index in [4.69, 9.17) is 4.52 Å². The van der Waals surface area contributed by atoms with Crippen LogP contribution in [0.15, 0.2) is 34.9 Å². The van der Waals surface area contributed by atoms with Crippen LogP contribution in [0.4, 0.5) is 10.5 Å². The summed E-state index contributed by atoms with van der Waals surface area (Å²) in [5.74, 6) is 1.28. The number of likely N-dealkylation sites (tertiary alicyclic amines) is 1. The largest absolute Gasteiger partial charge is 0.338 e. The molecule has 2 heterocycles. The van der Waals surface area contributed by atoms with Crippen molar-refractivity contribution in [1.29, 1.82) is 0 Å². The Bertz CT molecular complexity index is 658. The van der Waals surface area contributed by atoms with Crippen LogP contribution in [-0.2, 0) is 6.54 Å². The zero-order valence-corrected chi connectivity index (χ0v) is 13.9. The minimum atomic E-state index is -0.180. The molecule has 3 rings (SSSR count). The van der Waals surface area contributed by atoms with E-state index in [0.29, 0.717) is 24.8 Å². The molecule has 7 heteroatoms. The van der Waals surface area contributed by atoms with Crippen molar-refractivity contribution < 1.29 is 9.32 Å². The van der Waals surface area contributed by atoms with E-state index in [9.17, 15) is 4.79 Å². The smallest absolute Gasteiger partial charge is 0.319 e. The summed E-state index contributed by atoms with van der Waals surface area (Å²) < 4.78 is 5.22. The highest BCUT2D eigenvalue weighted by molar-refractivity contribution is 5.89. The first-order chi connectivity index (χ1) is 11.7. The van der Waals surface area contributed by atoms with Crippen LogP contribution in [-0.4, -0.2) is 40.2 Å². The van der Waals surface area contributed by atoms with E-state index in [2.05, 4.69) is 25.7 Å². The Labute approximate surface area is 141 Å². The van der Waals surface area contributed by atoms with Crippen LogP contribution < -0.4 is 10.6 Å². The highest BCUT2D eigenvalue weighted by atomic mass is 16.5. The maximum absolute atomic E-state index is 12.0. The van der Waals surface area contributed by atoms with Gasteiger partial charge >= 0.3 is 6.03 Å². The van der Waals surface area contributed by atoms with Gasteiger partial charge in [0.1, 0.15) is 0 Å². The molecular weight excluding hydrogens is 306 g/mol. The summed E-state index contributed by atoms with van der Waals surface area (Å²) >= 11 is 0. The van der Waals surface area contributed by atoms with E-state index in [1.54, 1.807) is 0 Å². The van der Waals surface area contributed by atoms with Crippen molar-refractivity contribution in [1.82, 2.24) is 20.4 Å². The first-order valence-electron chi connectivity index (χ1n) is 8.34. The number of nitrogens with one attached hydrogen (secondary N) is 2. The number of aromatic nitrogens is 2. The summed E-state index contributed by atoms with van der Waals surface area (Å²) in [6, 6.07) is 9.54. The number of nitrogens with zero attached hydrogens (tertiary/aromatic N) is 3. The molecule has 0 spiro atoms. The predicted molar refractivity (Wildman–Crippen MR) is 90.5 cm³/mol. The van der Waals surface area contributed by atoms with Gasteiger partial charge in [-0.25, -0.2) is 4.79 Å². The van der Waals surface area contributed by atoms with Crippen molar-refractivity contribution in [2.75, 3.05) is 18.4 Å². The van der Waals surface area contributed by atoms with Crippen LogP contribution in [0.25, 0.3) is 0 Å². The monoisotopic (exact) mass is 329 g/mol. The average Bonchev–Trinajstić information content (AvgIpc) is 3.00. The second-order valence-electron chi connectivity index (χ2n) is 6.06. The van der Waals surface area contributed by atoms with Gasteiger partial charge in [-0.2, -0.15) is 4.98 Å². The number of carbonyl (C=O) groups excluding carboxylic acids is 1. The zero-order chi connectivity index (χ0) is 16.8. The van der Waals surface area contributed by atoms with Crippen LogP contribution >= 0.6 is 0 Å². The summed E-state index contributed by atoms with van der Waals surface area (Å²) in [4.78, 5) is 18.6. The number of anilines is 1. The number of piperidine rings is 1. The summed E-state index contributed by atoms with van der Waals surface area (Å²) in [6.45, 7) is 4.03. The molecule has 0 radical (unpaired) electrons. The van der Waals surface area contributed by atoms with Crippen molar-refractivity contribution in [3.8, 4) is 0 Å². The fraction of sp³-hybridized carbons (Fsp3) is 0.471. The number of para-hydroxylation sites is 1. The zero-order valence-electron chi connectivity index (χ0n) is 13.9. The highest BCUT2D eigenvalue weighted by Gasteiger charge is 2.24. The molecule has 1 atom stereocenters. The number of urea groups is 1. The molecule has 1 saturated heterocycles. The van der Waals surface area contributed by atoms with Crippen molar-refractivity contribution in [3.05, 3.63) is 42.0 Å². The van der Waals surface area contributed by atoms with E-state index >= 15 is 0 Å². The average molecular weight is 329 g/mol. The van der Waals surface area contributed by atoms with Gasteiger partial charge in [0.2, 0.25) is 5.89 Å². The quantitative estimate of drug-likeness (QED) is 0.881. The van der Waals surface area contributed by atoms with Crippen molar-refractivity contribution in [2.45, 2.75) is 38.8 Å². The van der Waals surface area contributed by atoms with Crippen molar-refractivity contribution >= 4 is 11.7 Å². The number of amides is 2. The van der Waals surface area contributed by atoms with Gasteiger partial charge in [0.15, 0.2) is 5.82 Å². The molecule has 2 aromatic rings. The van der Waals surface area contributed by atoms with Crippen LogP contribution in [0, 0.1) is 6.92 Å². The lowest BCUT2D eigenvalue weighted by Crippen LogP contribution is -2.47. The Morgan fingerprint density at radius 1 is 1.33 bits per heavy atom. The molecule has 1 aliphatic rings. The lowest BCUT2D eigenvalue weighted by Gasteiger charge is -2.34. The van der Waals surface area contributed by atoms with Crippen molar-refractivity contribution in [2.24, 2.45) is 0 Å². The highest BCUT2D eigenvalue weighted by Crippen LogP contribution is 2.18. The van der Waals surface area contributed by atoms with Crippen molar-refractivity contribution in [3.63, 3.8) is 0 Å². The number of benzene rings is 1. The Balaban J connectivity index is 1.51. The fourth-order valence-electron chi connectivity index (χ4n) is 2.98. The Hall–Kier alpha value is -2.41. The standard InChI is InChI=1S/C17H23N5O2/c1-13-19-16(24-21-13)12-22-10-6-5-9-15(22)11-18-17(23)20-14-7-3-2-4-8-14/h2-4,7-8,15H,5-6,9-12H2,1H3,(H2,18,20,23)/t15-/m0/s1. The van der Waals surface area contributed by atoms with Gasteiger partial charge < -0.3 is 15.2 Å². The second-order valence-corrected chi connectivity index (χ2v) is 6.06. The van der Waals surface area contributed by atoms with Gasteiger partial charge in [-0.15, -0.1) is 0 Å². The molecule has 1 aromatic carbocycles. The van der Waals surface area contributed by atoms with E-state index in [0.717, 1.165) is 25.1 Å². The Morgan fingerprint density at radius 2 is 2.17 bits per heavy atom. The Kier molecular flexibility index (Phi) is 5.43. The van der Waals surface area contributed by atoms with Crippen LogP contribution in [0.5, 0.6) is 0 Å². The van der Waals surface area contributed by atoms with Crippen LogP contribution in [0.3, 0.4) is 0 Å². The topological polar surface area (TPSA) is 83.3 Å². The molecule has 2 N–H and O–H groups in total. The normalized spacial score (nSPS) is 18.3. The molecular formula is C17H23N5O2. The molecule has 1 aromatic heterocycles. The SMILES string of the molecule is Cc1noc(CN2CCCC[C@H]2CNC(=O)Nc2ccccc2)n1. The summed E-state index contributed by atoms with van der Waals surface area (Å²) in [7, 11) is 0. The predicted octanol–water partition coefficient (Wildman–Crippen LogP) is 2.55. The van der Waals surface area contributed by atoms with Gasteiger partial charge in [-0.1, -0.05) is 29.8 Å². The van der Waals surface area contributed by atoms with Gasteiger partial charge in [-0.05, 0) is 38.4 Å². The summed E-state index contributed by atoms with van der Waals surface area (Å²) in [6.07, 6.45) is 3.38. The molecule has 0 bridgehead atoms. The molecule has 1 aliphatic heterocycles. The van der Waals surface area contributed by atoms with E-state index < -0.39 is 0 Å².